The van der Waals surface area contributed by atoms with E-state index in [2.05, 4.69) is 86.6 Å². The van der Waals surface area contributed by atoms with Gasteiger partial charge in [-0.25, -0.2) is 0 Å². The van der Waals surface area contributed by atoms with Gasteiger partial charge in [-0.2, -0.15) is 0 Å². The molecule has 3 rings (SSSR count). The number of rotatable bonds is 6. The second-order valence-electron chi connectivity index (χ2n) is 6.34. The van der Waals surface area contributed by atoms with E-state index >= 15 is 0 Å². The fourth-order valence-electron chi connectivity index (χ4n) is 2.95. The first kappa shape index (κ1) is 16.5. The monoisotopic (exact) mass is 314 g/mol. The van der Waals surface area contributed by atoms with Crippen molar-refractivity contribution in [2.75, 3.05) is 0 Å². The molecule has 0 saturated carbocycles. The highest BCUT2D eigenvalue weighted by Gasteiger charge is 2.23. The average Bonchev–Trinajstić information content (AvgIpc) is 2.62. The van der Waals surface area contributed by atoms with Crippen LogP contribution in [0.3, 0.4) is 0 Å². The molecule has 0 saturated heterocycles. The predicted molar refractivity (Wildman–Crippen MR) is 103 cm³/mol. The van der Waals surface area contributed by atoms with Crippen LogP contribution in [-0.4, -0.2) is 13.0 Å². The molecule has 1 unspecified atom stereocenters. The minimum Gasteiger partial charge on any atom is -0.424 e. The molecule has 120 valence electrons. The van der Waals surface area contributed by atoms with E-state index in [0.29, 0.717) is 0 Å². The van der Waals surface area contributed by atoms with E-state index in [1.165, 1.54) is 22.1 Å². The van der Waals surface area contributed by atoms with Gasteiger partial charge in [-0.15, -0.1) is 0 Å². The van der Waals surface area contributed by atoms with E-state index < -0.39 is 0 Å². The molecular weight excluding hydrogens is 291 g/mol. The molecule has 0 amide bonds. The van der Waals surface area contributed by atoms with Crippen molar-refractivity contribution < 1.29 is 4.65 Å². The molecule has 2 heteroatoms. The van der Waals surface area contributed by atoms with Crippen LogP contribution in [0.5, 0.6) is 0 Å². The van der Waals surface area contributed by atoms with Crippen LogP contribution in [-0.2, 0) is 11.1 Å². The third kappa shape index (κ3) is 4.36. The standard InChI is InChI=1S/C22H23BO/c1-18-13-15-22(16-14-18)23(21-11-7-4-8-12-21)24-19(2)17-20-9-5-3-6-10-20/h3-16,19H,17H2,1-2H3. The molecule has 1 atom stereocenters. The highest BCUT2D eigenvalue weighted by molar-refractivity contribution is 6.80. The van der Waals surface area contributed by atoms with E-state index in [1.807, 2.05) is 12.1 Å². The fourth-order valence-corrected chi connectivity index (χ4v) is 2.95. The molecule has 0 aromatic heterocycles. The van der Waals surface area contributed by atoms with Gasteiger partial charge in [-0.05, 0) is 36.8 Å². The lowest BCUT2D eigenvalue weighted by atomic mass is 9.55. The lowest BCUT2D eigenvalue weighted by Gasteiger charge is -2.21. The van der Waals surface area contributed by atoms with Crippen LogP contribution < -0.4 is 10.9 Å². The maximum Gasteiger partial charge on any atom is 0.361 e. The van der Waals surface area contributed by atoms with Crippen molar-refractivity contribution in [3.63, 3.8) is 0 Å². The molecule has 0 N–H and O–H groups in total. The lowest BCUT2D eigenvalue weighted by Crippen LogP contribution is -2.47. The summed E-state index contributed by atoms with van der Waals surface area (Å²) in [4.78, 5) is 0. The topological polar surface area (TPSA) is 9.23 Å². The Bertz CT molecular complexity index is 738. The first-order chi connectivity index (χ1) is 11.7. The smallest absolute Gasteiger partial charge is 0.361 e. The maximum absolute atomic E-state index is 6.47. The van der Waals surface area contributed by atoms with Crippen LogP contribution in [0.1, 0.15) is 18.1 Å². The van der Waals surface area contributed by atoms with Gasteiger partial charge in [-0.1, -0.05) is 90.5 Å². The first-order valence-electron chi connectivity index (χ1n) is 8.53. The molecule has 1 nitrogen and oxygen atoms in total. The summed E-state index contributed by atoms with van der Waals surface area (Å²) in [5, 5.41) is 0. The molecule has 0 bridgehead atoms. The summed E-state index contributed by atoms with van der Waals surface area (Å²) in [6.45, 7) is 4.22. The van der Waals surface area contributed by atoms with E-state index in [1.54, 1.807) is 0 Å². The maximum atomic E-state index is 6.47. The van der Waals surface area contributed by atoms with E-state index in [0.717, 1.165) is 6.42 Å². The minimum absolute atomic E-state index is 0.0366. The van der Waals surface area contributed by atoms with E-state index in [-0.39, 0.29) is 13.0 Å². The van der Waals surface area contributed by atoms with Crippen LogP contribution in [0.4, 0.5) is 0 Å². The van der Waals surface area contributed by atoms with Crippen molar-refractivity contribution >= 4 is 17.8 Å². The van der Waals surface area contributed by atoms with Crippen molar-refractivity contribution in [2.45, 2.75) is 26.4 Å². The van der Waals surface area contributed by atoms with Gasteiger partial charge in [0.15, 0.2) is 0 Å². The third-order valence-corrected chi connectivity index (χ3v) is 4.22. The largest absolute Gasteiger partial charge is 0.424 e. The van der Waals surface area contributed by atoms with Crippen LogP contribution in [0.2, 0.25) is 0 Å². The molecule has 0 heterocycles. The summed E-state index contributed by atoms with van der Waals surface area (Å²) < 4.78 is 6.47. The Morgan fingerprint density at radius 1 is 0.750 bits per heavy atom. The Balaban J connectivity index is 1.81. The molecule has 0 fully saturated rings. The average molecular weight is 314 g/mol. The zero-order chi connectivity index (χ0) is 16.8. The molecule has 0 aliphatic rings. The number of benzene rings is 3. The zero-order valence-corrected chi connectivity index (χ0v) is 14.4. The van der Waals surface area contributed by atoms with Crippen LogP contribution >= 0.6 is 0 Å². The molecule has 24 heavy (non-hydrogen) atoms. The van der Waals surface area contributed by atoms with Crippen molar-refractivity contribution in [2.24, 2.45) is 0 Å². The minimum atomic E-state index is -0.0366. The predicted octanol–water partition coefficient (Wildman–Crippen LogP) is 3.75. The molecule has 3 aromatic rings. The number of hydrogen-bond donors (Lipinski definition) is 0. The van der Waals surface area contributed by atoms with Crippen molar-refractivity contribution in [1.82, 2.24) is 0 Å². The van der Waals surface area contributed by atoms with Crippen molar-refractivity contribution in [3.05, 3.63) is 96.1 Å². The Morgan fingerprint density at radius 3 is 1.92 bits per heavy atom. The van der Waals surface area contributed by atoms with Gasteiger partial charge < -0.3 is 4.65 Å². The summed E-state index contributed by atoms with van der Waals surface area (Å²) >= 11 is 0. The summed E-state index contributed by atoms with van der Waals surface area (Å²) in [5.41, 5.74) is 4.97. The van der Waals surface area contributed by atoms with Gasteiger partial charge in [0.2, 0.25) is 0 Å². The van der Waals surface area contributed by atoms with Gasteiger partial charge in [-0.3, -0.25) is 0 Å². The Labute approximate surface area is 145 Å². The molecule has 0 radical (unpaired) electrons. The molecule has 0 spiro atoms. The number of aryl methyl sites for hydroxylation is 1. The number of hydrogen-bond acceptors (Lipinski definition) is 1. The van der Waals surface area contributed by atoms with Crippen LogP contribution in [0.25, 0.3) is 0 Å². The Morgan fingerprint density at radius 2 is 1.29 bits per heavy atom. The Kier molecular flexibility index (Phi) is 5.50. The van der Waals surface area contributed by atoms with Gasteiger partial charge in [0.1, 0.15) is 0 Å². The molecule has 0 aliphatic carbocycles. The van der Waals surface area contributed by atoms with E-state index in [4.69, 9.17) is 4.65 Å². The summed E-state index contributed by atoms with van der Waals surface area (Å²) in [6.07, 6.45) is 1.05. The van der Waals surface area contributed by atoms with Crippen molar-refractivity contribution in [3.8, 4) is 0 Å². The normalized spacial score (nSPS) is 11.9. The lowest BCUT2D eigenvalue weighted by molar-refractivity contribution is 0.231. The zero-order valence-electron chi connectivity index (χ0n) is 14.4. The van der Waals surface area contributed by atoms with Crippen LogP contribution in [0, 0.1) is 6.92 Å². The quantitative estimate of drug-likeness (QED) is 0.630. The van der Waals surface area contributed by atoms with Crippen molar-refractivity contribution in [1.29, 1.82) is 0 Å². The fraction of sp³-hybridized carbons (Fsp3) is 0.182. The third-order valence-electron chi connectivity index (χ3n) is 4.22. The van der Waals surface area contributed by atoms with Crippen LogP contribution in [0.15, 0.2) is 84.9 Å². The van der Waals surface area contributed by atoms with Gasteiger partial charge in [0.25, 0.3) is 0 Å². The summed E-state index contributed by atoms with van der Waals surface area (Å²) in [6, 6.07) is 29.6. The highest BCUT2D eigenvalue weighted by Crippen LogP contribution is 2.08. The second-order valence-corrected chi connectivity index (χ2v) is 6.34. The van der Waals surface area contributed by atoms with Gasteiger partial charge in [0, 0.05) is 6.10 Å². The highest BCUT2D eigenvalue weighted by atomic mass is 16.4. The second kappa shape index (κ2) is 7.98. The first-order valence-corrected chi connectivity index (χ1v) is 8.53. The summed E-state index contributed by atoms with van der Waals surface area (Å²) in [5.74, 6) is 0. The Hall–Kier alpha value is -2.32. The summed E-state index contributed by atoms with van der Waals surface area (Å²) in [7, 11) is 0. The molecule has 3 aromatic carbocycles. The van der Waals surface area contributed by atoms with E-state index in [9.17, 15) is 0 Å². The SMILES string of the molecule is Cc1ccc(B(OC(C)Cc2ccccc2)c2ccccc2)cc1. The van der Waals surface area contributed by atoms with Gasteiger partial charge >= 0.3 is 6.92 Å². The molecule has 0 aliphatic heterocycles. The van der Waals surface area contributed by atoms with Gasteiger partial charge in [0.05, 0.1) is 0 Å². The molecular formula is C22H23BO.